The largest absolute Gasteiger partial charge is 0.508 e. The van der Waals surface area contributed by atoms with E-state index in [9.17, 15) is 14.3 Å². The zero-order valence-electron chi connectivity index (χ0n) is 23.0. The molecule has 3 aromatic rings. The van der Waals surface area contributed by atoms with Crippen LogP contribution in [0.25, 0.3) is 0 Å². The Balaban J connectivity index is 1.58. The lowest BCUT2D eigenvalue weighted by atomic mass is 9.79. The zero-order valence-corrected chi connectivity index (χ0v) is 26.0. The molecule has 0 fully saturated rings. The molecule has 5 nitrogen and oxygen atoms in total. The molecule has 222 valence electrons. The third kappa shape index (κ3) is 9.60. The molecule has 0 radical (unpaired) electrons. The van der Waals surface area contributed by atoms with Gasteiger partial charge in [0.25, 0.3) is 9.70 Å². The van der Waals surface area contributed by atoms with Crippen molar-refractivity contribution in [2.45, 2.75) is 47.9 Å². The highest BCUT2D eigenvalue weighted by Gasteiger charge is 2.39. The summed E-state index contributed by atoms with van der Waals surface area (Å²) in [4.78, 5) is 15.0. The Morgan fingerprint density at radius 1 is 1.02 bits per heavy atom. The van der Waals surface area contributed by atoms with Crippen molar-refractivity contribution in [1.29, 1.82) is 0 Å². The summed E-state index contributed by atoms with van der Waals surface area (Å²) in [5, 5.41) is 16.8. The lowest BCUT2D eigenvalue weighted by Crippen LogP contribution is -2.53. The first-order valence-corrected chi connectivity index (χ1v) is 15.3. The molecule has 0 bridgehead atoms. The average Bonchev–Trinajstić information content (AvgIpc) is 2.94. The molecule has 1 aliphatic carbocycles. The van der Waals surface area contributed by atoms with E-state index < -0.39 is 15.2 Å². The number of nitrogens with zero attached hydrogens (tertiary/aromatic N) is 1. The number of phenolic OH excluding ortho intramolecular Hbond substituents is 1. The molecule has 42 heavy (non-hydrogen) atoms. The smallest absolute Gasteiger partial charge is 0.272 e. The molecule has 3 aromatic carbocycles. The van der Waals surface area contributed by atoms with Gasteiger partial charge in [-0.15, -0.1) is 0 Å². The van der Waals surface area contributed by atoms with E-state index in [1.807, 2.05) is 42.5 Å². The van der Waals surface area contributed by atoms with Crippen molar-refractivity contribution in [2.75, 3.05) is 18.4 Å². The molecule has 0 heterocycles. The van der Waals surface area contributed by atoms with Crippen LogP contribution in [0.5, 0.6) is 5.75 Å². The predicted octanol–water partition coefficient (Wildman–Crippen LogP) is 7.74. The van der Waals surface area contributed by atoms with Gasteiger partial charge in [-0.3, -0.25) is 4.79 Å². The number of hydrogen-bond donors (Lipinski definition) is 3. The molecular formula is C32H33Cl3FN3O2S. The minimum Gasteiger partial charge on any atom is -0.508 e. The van der Waals surface area contributed by atoms with Gasteiger partial charge in [-0.05, 0) is 98.3 Å². The standard InChI is InChI=1S/C32H33Cl3FN3O2S/c33-32(34,35)29(41)38-31(20-24-13-15-26(36)16-14-24)17-5-8-25(21-31)22-39(30(42)37-27-10-2-1-3-11-27)18-6-9-23-7-4-12-28(40)19-23/h1-4,7,10-16,19,21,40H,5-6,8-9,17-18,20,22H2,(H,37,42)(H,38,41). The van der Waals surface area contributed by atoms with E-state index in [0.717, 1.165) is 48.1 Å². The van der Waals surface area contributed by atoms with Gasteiger partial charge in [-0.1, -0.05) is 88.9 Å². The minimum absolute atomic E-state index is 0.243. The molecule has 4 rings (SSSR count). The van der Waals surface area contributed by atoms with Crippen molar-refractivity contribution in [1.82, 2.24) is 10.2 Å². The Morgan fingerprint density at radius 2 is 1.76 bits per heavy atom. The van der Waals surface area contributed by atoms with Crippen LogP contribution >= 0.6 is 47.0 Å². The van der Waals surface area contributed by atoms with Crippen LogP contribution in [0, 0.1) is 5.82 Å². The number of phenols is 1. The molecule has 0 aliphatic heterocycles. The Morgan fingerprint density at radius 3 is 2.45 bits per heavy atom. The average molecular weight is 649 g/mol. The topological polar surface area (TPSA) is 64.6 Å². The number of aryl methyl sites for hydroxylation is 1. The summed E-state index contributed by atoms with van der Waals surface area (Å²) >= 11 is 23.7. The van der Waals surface area contributed by atoms with Crippen molar-refractivity contribution < 1.29 is 14.3 Å². The molecule has 0 aromatic heterocycles. The van der Waals surface area contributed by atoms with E-state index in [1.54, 1.807) is 24.3 Å². The quantitative estimate of drug-likeness (QED) is 0.119. The number of para-hydroxylation sites is 1. The molecule has 1 atom stereocenters. The van der Waals surface area contributed by atoms with Crippen LogP contribution in [0.15, 0.2) is 90.5 Å². The number of carbonyl (C=O) groups excluding carboxylic acids is 1. The van der Waals surface area contributed by atoms with E-state index in [-0.39, 0.29) is 11.6 Å². The van der Waals surface area contributed by atoms with E-state index in [0.29, 0.717) is 31.0 Å². The number of carbonyl (C=O) groups is 1. The number of amides is 1. The Kier molecular flexibility index (Phi) is 11.1. The Bertz CT molecular complexity index is 1400. The summed E-state index contributed by atoms with van der Waals surface area (Å²) in [5.74, 6) is -0.803. The van der Waals surface area contributed by atoms with Crippen LogP contribution in [-0.4, -0.2) is 43.4 Å². The maximum absolute atomic E-state index is 13.6. The van der Waals surface area contributed by atoms with Gasteiger partial charge < -0.3 is 20.6 Å². The fourth-order valence-corrected chi connectivity index (χ4v) is 5.66. The fraction of sp³-hybridized carbons (Fsp3) is 0.312. The number of aromatic hydroxyl groups is 1. The number of halogens is 4. The van der Waals surface area contributed by atoms with Crippen LogP contribution in [0.3, 0.4) is 0 Å². The fourth-order valence-electron chi connectivity index (χ4n) is 5.24. The van der Waals surface area contributed by atoms with Crippen LogP contribution in [0.1, 0.15) is 36.8 Å². The van der Waals surface area contributed by atoms with Crippen molar-refractivity contribution >= 4 is 63.7 Å². The van der Waals surface area contributed by atoms with Gasteiger partial charge in [0.05, 0.1) is 5.54 Å². The van der Waals surface area contributed by atoms with E-state index in [1.165, 1.54) is 12.1 Å². The summed E-state index contributed by atoms with van der Waals surface area (Å²) in [5.41, 5.74) is 3.04. The first-order valence-electron chi connectivity index (χ1n) is 13.7. The summed E-state index contributed by atoms with van der Waals surface area (Å²) < 4.78 is 11.5. The van der Waals surface area contributed by atoms with Crippen LogP contribution in [0.4, 0.5) is 10.1 Å². The summed E-state index contributed by atoms with van der Waals surface area (Å²) in [6.07, 6.45) is 6.28. The summed E-state index contributed by atoms with van der Waals surface area (Å²) in [7, 11) is 0. The Hall–Kier alpha value is -2.84. The summed E-state index contributed by atoms with van der Waals surface area (Å²) in [6.45, 7) is 1.20. The normalized spacial score (nSPS) is 16.8. The molecule has 1 unspecified atom stereocenters. The lowest BCUT2D eigenvalue weighted by Gasteiger charge is -2.38. The molecule has 0 spiro atoms. The highest BCUT2D eigenvalue weighted by atomic mass is 35.6. The molecule has 1 amide bonds. The van der Waals surface area contributed by atoms with Crippen molar-refractivity contribution in [3.8, 4) is 5.75 Å². The van der Waals surface area contributed by atoms with Crippen molar-refractivity contribution in [2.24, 2.45) is 0 Å². The van der Waals surface area contributed by atoms with Crippen molar-refractivity contribution in [3.63, 3.8) is 0 Å². The number of benzene rings is 3. The van der Waals surface area contributed by atoms with Gasteiger partial charge >= 0.3 is 0 Å². The van der Waals surface area contributed by atoms with E-state index >= 15 is 0 Å². The van der Waals surface area contributed by atoms with Crippen LogP contribution in [0.2, 0.25) is 0 Å². The maximum Gasteiger partial charge on any atom is 0.272 e. The van der Waals surface area contributed by atoms with Gasteiger partial charge in [-0.2, -0.15) is 0 Å². The van der Waals surface area contributed by atoms with Gasteiger partial charge in [0.15, 0.2) is 5.11 Å². The number of hydrogen-bond acceptors (Lipinski definition) is 3. The third-order valence-electron chi connectivity index (χ3n) is 7.16. The van der Waals surface area contributed by atoms with Gasteiger partial charge in [-0.25, -0.2) is 4.39 Å². The maximum atomic E-state index is 13.6. The second-order valence-corrected chi connectivity index (χ2v) is 13.2. The Labute approximate surface area is 266 Å². The number of anilines is 1. The highest BCUT2D eigenvalue weighted by molar-refractivity contribution is 7.80. The van der Waals surface area contributed by atoms with E-state index in [4.69, 9.17) is 47.0 Å². The van der Waals surface area contributed by atoms with Crippen LogP contribution < -0.4 is 10.6 Å². The SMILES string of the molecule is O=C(NC1(Cc2ccc(F)cc2)C=C(CN(CCCc2cccc(O)c2)C(=S)Nc2ccccc2)CCC1)C(Cl)(Cl)Cl. The zero-order chi connectivity index (χ0) is 30.2. The monoisotopic (exact) mass is 647 g/mol. The van der Waals surface area contributed by atoms with E-state index in [2.05, 4.69) is 21.6 Å². The van der Waals surface area contributed by atoms with Gasteiger partial charge in [0.1, 0.15) is 11.6 Å². The minimum atomic E-state index is -2.12. The van der Waals surface area contributed by atoms with Gasteiger partial charge in [0, 0.05) is 18.8 Å². The van der Waals surface area contributed by atoms with Crippen LogP contribution in [-0.2, 0) is 17.6 Å². The molecule has 0 saturated heterocycles. The lowest BCUT2D eigenvalue weighted by molar-refractivity contribution is -0.121. The first kappa shape index (κ1) is 32.1. The second-order valence-electron chi connectivity index (χ2n) is 10.6. The molecule has 1 aliphatic rings. The predicted molar refractivity (Wildman–Crippen MR) is 174 cm³/mol. The van der Waals surface area contributed by atoms with Crippen molar-refractivity contribution in [3.05, 3.63) is 107 Å². The number of thiocarbonyl (C=S) groups is 1. The summed E-state index contributed by atoms with van der Waals surface area (Å²) in [6, 6.07) is 23.2. The molecule has 0 saturated carbocycles. The number of nitrogens with one attached hydrogen (secondary N) is 2. The first-order chi connectivity index (χ1) is 20.0. The number of rotatable bonds is 10. The second kappa shape index (κ2) is 14.6. The molecule has 10 heteroatoms. The molecule has 3 N–H and O–H groups in total. The third-order valence-corrected chi connectivity index (χ3v) is 8.04. The molecular weight excluding hydrogens is 616 g/mol. The highest BCUT2D eigenvalue weighted by Crippen LogP contribution is 2.34. The van der Waals surface area contributed by atoms with Gasteiger partial charge in [0.2, 0.25) is 0 Å². The number of alkyl halides is 3.